The fourth-order valence-electron chi connectivity index (χ4n) is 1.41. The molecule has 0 amide bonds. The number of aromatic nitrogens is 1. The number of aliphatic hydroxyl groups excluding tert-OH is 1. The summed E-state index contributed by atoms with van der Waals surface area (Å²) < 4.78 is 0. The van der Waals surface area contributed by atoms with Gasteiger partial charge in [0.05, 0.1) is 0 Å². The molecule has 2 rings (SSSR count). The van der Waals surface area contributed by atoms with Gasteiger partial charge < -0.3 is 10.0 Å². The van der Waals surface area contributed by atoms with Gasteiger partial charge in [-0.15, -0.1) is 12.4 Å². The minimum Gasteiger partial charge on any atom is -0.396 e. The van der Waals surface area contributed by atoms with Crippen LogP contribution in [0.3, 0.4) is 0 Å². The maximum absolute atomic E-state index is 8.80. The van der Waals surface area contributed by atoms with E-state index in [2.05, 4.69) is 9.88 Å². The lowest BCUT2D eigenvalue weighted by Crippen LogP contribution is -2.48. The van der Waals surface area contributed by atoms with Crippen LogP contribution in [-0.2, 0) is 0 Å². The summed E-state index contributed by atoms with van der Waals surface area (Å²) in [5.74, 6) is 1.47. The summed E-state index contributed by atoms with van der Waals surface area (Å²) in [6, 6.07) is 5.88. The van der Waals surface area contributed by atoms with Crippen LogP contribution in [0.5, 0.6) is 0 Å². The van der Waals surface area contributed by atoms with Gasteiger partial charge in [-0.25, -0.2) is 4.98 Å². The third kappa shape index (κ3) is 2.11. The van der Waals surface area contributed by atoms with Crippen LogP contribution in [0.4, 0.5) is 5.82 Å². The summed E-state index contributed by atoms with van der Waals surface area (Å²) in [5.41, 5.74) is 0. The number of rotatable bonds is 2. The topological polar surface area (TPSA) is 36.4 Å². The monoisotopic (exact) mass is 200 g/mol. The van der Waals surface area contributed by atoms with Crippen LogP contribution in [0.25, 0.3) is 0 Å². The van der Waals surface area contributed by atoms with E-state index in [1.165, 1.54) is 0 Å². The molecule has 1 saturated heterocycles. The Hall–Kier alpha value is -0.800. The van der Waals surface area contributed by atoms with E-state index in [0.717, 1.165) is 18.9 Å². The van der Waals surface area contributed by atoms with Crippen molar-refractivity contribution in [3.63, 3.8) is 0 Å². The average molecular weight is 201 g/mol. The normalized spacial score (nSPS) is 16.2. The number of pyridine rings is 1. The van der Waals surface area contributed by atoms with E-state index in [0.29, 0.717) is 12.5 Å². The largest absolute Gasteiger partial charge is 0.396 e. The van der Waals surface area contributed by atoms with Gasteiger partial charge in [0.25, 0.3) is 0 Å². The summed E-state index contributed by atoms with van der Waals surface area (Å²) in [5, 5.41) is 8.80. The molecular formula is C9H13ClN2O. The lowest BCUT2D eigenvalue weighted by molar-refractivity contribution is 0.200. The number of hydrogen-bond donors (Lipinski definition) is 1. The fraction of sp³-hybridized carbons (Fsp3) is 0.444. The maximum Gasteiger partial charge on any atom is 0.128 e. The van der Waals surface area contributed by atoms with Crippen molar-refractivity contribution in [1.82, 2.24) is 4.98 Å². The van der Waals surface area contributed by atoms with Crippen molar-refractivity contribution < 1.29 is 5.11 Å². The number of aliphatic hydroxyl groups is 1. The van der Waals surface area contributed by atoms with E-state index >= 15 is 0 Å². The fourth-order valence-corrected chi connectivity index (χ4v) is 1.41. The Balaban J connectivity index is 0.000000845. The van der Waals surface area contributed by atoms with Gasteiger partial charge in [0.1, 0.15) is 5.82 Å². The molecule has 1 N–H and O–H groups in total. The molecule has 1 aromatic heterocycles. The molecule has 3 nitrogen and oxygen atoms in total. The average Bonchev–Trinajstić information content (AvgIpc) is 2.04. The molecule has 1 aromatic rings. The molecule has 2 heterocycles. The predicted octanol–water partition coefficient (Wildman–Crippen LogP) is 0.932. The van der Waals surface area contributed by atoms with Crippen molar-refractivity contribution in [1.29, 1.82) is 0 Å². The summed E-state index contributed by atoms with van der Waals surface area (Å²) >= 11 is 0. The van der Waals surface area contributed by atoms with Gasteiger partial charge in [0, 0.05) is 31.8 Å². The Labute approximate surface area is 83.8 Å². The number of nitrogens with zero attached hydrogens (tertiary/aromatic N) is 2. The Morgan fingerprint density at radius 1 is 1.46 bits per heavy atom. The number of halogens is 1. The summed E-state index contributed by atoms with van der Waals surface area (Å²) in [4.78, 5) is 6.38. The summed E-state index contributed by atoms with van der Waals surface area (Å²) in [7, 11) is 0. The Morgan fingerprint density at radius 2 is 2.23 bits per heavy atom. The van der Waals surface area contributed by atoms with Crippen LogP contribution in [0.2, 0.25) is 0 Å². The Morgan fingerprint density at radius 3 is 2.77 bits per heavy atom. The first-order valence-corrected chi connectivity index (χ1v) is 4.17. The van der Waals surface area contributed by atoms with E-state index in [-0.39, 0.29) is 12.4 Å². The second-order valence-corrected chi connectivity index (χ2v) is 3.14. The van der Waals surface area contributed by atoms with E-state index in [9.17, 15) is 0 Å². The van der Waals surface area contributed by atoms with Crippen molar-refractivity contribution in [2.24, 2.45) is 5.92 Å². The molecule has 72 valence electrons. The zero-order chi connectivity index (χ0) is 8.39. The van der Waals surface area contributed by atoms with Crippen LogP contribution in [0, 0.1) is 5.92 Å². The van der Waals surface area contributed by atoms with Gasteiger partial charge in [-0.05, 0) is 12.1 Å². The molecule has 0 atom stereocenters. The molecule has 4 heteroatoms. The van der Waals surface area contributed by atoms with Gasteiger partial charge in [-0.3, -0.25) is 0 Å². The highest BCUT2D eigenvalue weighted by atomic mass is 35.5. The maximum atomic E-state index is 8.80. The minimum atomic E-state index is 0. The third-order valence-corrected chi connectivity index (χ3v) is 2.19. The van der Waals surface area contributed by atoms with Crippen molar-refractivity contribution in [2.75, 3.05) is 24.6 Å². The smallest absolute Gasteiger partial charge is 0.128 e. The molecule has 0 unspecified atom stereocenters. The zero-order valence-electron chi connectivity index (χ0n) is 7.26. The first kappa shape index (κ1) is 10.3. The third-order valence-electron chi connectivity index (χ3n) is 2.19. The first-order chi connectivity index (χ1) is 5.90. The highest BCUT2D eigenvalue weighted by Gasteiger charge is 2.26. The van der Waals surface area contributed by atoms with E-state index in [4.69, 9.17) is 5.11 Å². The van der Waals surface area contributed by atoms with Crippen LogP contribution >= 0.6 is 12.4 Å². The molecular weight excluding hydrogens is 188 g/mol. The van der Waals surface area contributed by atoms with Crippen molar-refractivity contribution in [3.05, 3.63) is 24.4 Å². The first-order valence-electron chi connectivity index (χ1n) is 4.17. The SMILES string of the molecule is Cl.OCC1CN(c2ccccn2)C1. The van der Waals surface area contributed by atoms with Gasteiger partial charge in [0.15, 0.2) is 0 Å². The number of anilines is 1. The zero-order valence-corrected chi connectivity index (χ0v) is 8.07. The predicted molar refractivity (Wildman–Crippen MR) is 54.3 cm³/mol. The molecule has 0 radical (unpaired) electrons. The molecule has 0 aliphatic carbocycles. The quantitative estimate of drug-likeness (QED) is 0.772. The van der Waals surface area contributed by atoms with Crippen LogP contribution in [0.1, 0.15) is 0 Å². The Bertz CT molecular complexity index is 249. The van der Waals surface area contributed by atoms with Crippen LogP contribution < -0.4 is 4.90 Å². The molecule has 0 aromatic carbocycles. The molecule has 1 fully saturated rings. The van der Waals surface area contributed by atoms with E-state index in [1.807, 2.05) is 18.2 Å². The highest BCUT2D eigenvalue weighted by molar-refractivity contribution is 5.85. The lowest BCUT2D eigenvalue weighted by Gasteiger charge is -2.39. The van der Waals surface area contributed by atoms with E-state index < -0.39 is 0 Å². The van der Waals surface area contributed by atoms with Gasteiger partial charge in [0.2, 0.25) is 0 Å². The van der Waals surface area contributed by atoms with Crippen LogP contribution in [0.15, 0.2) is 24.4 Å². The van der Waals surface area contributed by atoms with Crippen molar-refractivity contribution in [2.45, 2.75) is 0 Å². The second kappa shape index (κ2) is 4.44. The molecule has 0 bridgehead atoms. The van der Waals surface area contributed by atoms with Crippen molar-refractivity contribution >= 4 is 18.2 Å². The van der Waals surface area contributed by atoms with E-state index in [1.54, 1.807) is 6.20 Å². The minimum absolute atomic E-state index is 0. The number of hydrogen-bond acceptors (Lipinski definition) is 3. The van der Waals surface area contributed by atoms with Gasteiger partial charge >= 0.3 is 0 Å². The van der Waals surface area contributed by atoms with Crippen molar-refractivity contribution in [3.8, 4) is 0 Å². The van der Waals surface area contributed by atoms with Gasteiger partial charge in [-0.1, -0.05) is 6.07 Å². The highest BCUT2D eigenvalue weighted by Crippen LogP contribution is 2.21. The second-order valence-electron chi connectivity index (χ2n) is 3.14. The molecule has 0 saturated carbocycles. The lowest BCUT2D eigenvalue weighted by atomic mass is 10.0. The molecule has 0 spiro atoms. The van der Waals surface area contributed by atoms with Gasteiger partial charge in [-0.2, -0.15) is 0 Å². The van der Waals surface area contributed by atoms with Crippen LogP contribution in [-0.4, -0.2) is 29.8 Å². The standard InChI is InChI=1S/C9H12N2O.ClH/c12-7-8-5-11(6-8)9-3-1-2-4-10-9;/h1-4,8,12H,5-7H2;1H. The molecule has 1 aliphatic heterocycles. The Kier molecular flexibility index (Phi) is 3.51. The molecule has 13 heavy (non-hydrogen) atoms. The molecule has 1 aliphatic rings. The summed E-state index contributed by atoms with van der Waals surface area (Å²) in [6.07, 6.45) is 1.79. The summed E-state index contributed by atoms with van der Waals surface area (Å²) in [6.45, 7) is 2.17.